The Balaban J connectivity index is 1.75. The molecule has 0 aromatic heterocycles. The minimum atomic E-state index is 0.231. The second-order valence-electron chi connectivity index (χ2n) is 5.34. The third-order valence-electron chi connectivity index (χ3n) is 3.86. The van der Waals surface area contributed by atoms with Gasteiger partial charge in [-0.3, -0.25) is 0 Å². The predicted octanol–water partition coefficient (Wildman–Crippen LogP) is 4.40. The van der Waals surface area contributed by atoms with Gasteiger partial charge in [0.25, 0.3) is 0 Å². The summed E-state index contributed by atoms with van der Waals surface area (Å²) in [5.74, 6) is 0.343. The van der Waals surface area contributed by atoms with Crippen LogP contribution in [0.2, 0.25) is 0 Å². The van der Waals surface area contributed by atoms with Crippen molar-refractivity contribution in [1.82, 2.24) is 5.32 Å². The molecule has 0 aliphatic carbocycles. The summed E-state index contributed by atoms with van der Waals surface area (Å²) >= 11 is 0. The highest BCUT2D eigenvalue weighted by Gasteiger charge is 2.07. The number of para-hydroxylation sites is 1. The number of benzene rings is 3. The quantitative estimate of drug-likeness (QED) is 0.741. The van der Waals surface area contributed by atoms with Gasteiger partial charge in [0.1, 0.15) is 5.75 Å². The molecule has 0 spiro atoms. The zero-order valence-corrected chi connectivity index (χ0v) is 12.1. The molecule has 0 amide bonds. The molecule has 0 fully saturated rings. The number of rotatable bonds is 4. The molecule has 1 unspecified atom stereocenters. The summed E-state index contributed by atoms with van der Waals surface area (Å²) in [5, 5.41) is 15.8. The number of fused-ring (bicyclic) bond motifs is 1. The van der Waals surface area contributed by atoms with E-state index in [1.165, 1.54) is 16.3 Å². The topological polar surface area (TPSA) is 32.3 Å². The highest BCUT2D eigenvalue weighted by molar-refractivity contribution is 5.83. The first-order valence-electron chi connectivity index (χ1n) is 7.23. The van der Waals surface area contributed by atoms with Gasteiger partial charge in [-0.2, -0.15) is 0 Å². The minimum Gasteiger partial charge on any atom is -0.508 e. The van der Waals surface area contributed by atoms with Crippen LogP contribution in [0.3, 0.4) is 0 Å². The summed E-state index contributed by atoms with van der Waals surface area (Å²) in [6.45, 7) is 2.80. The molecule has 3 rings (SSSR count). The molecule has 3 aromatic carbocycles. The van der Waals surface area contributed by atoms with Crippen LogP contribution in [0.5, 0.6) is 5.75 Å². The van der Waals surface area contributed by atoms with Crippen molar-refractivity contribution in [2.24, 2.45) is 0 Å². The number of phenolic OH excluding ortho intramolecular Hbond substituents is 1. The lowest BCUT2D eigenvalue weighted by atomic mass is 10.0. The average molecular weight is 277 g/mol. The molecule has 0 saturated heterocycles. The van der Waals surface area contributed by atoms with Crippen molar-refractivity contribution < 1.29 is 5.11 Å². The van der Waals surface area contributed by atoms with Gasteiger partial charge in [0.15, 0.2) is 0 Å². The fraction of sp³-hybridized carbons (Fsp3) is 0.158. The number of nitrogens with one attached hydrogen (secondary N) is 1. The first-order valence-corrected chi connectivity index (χ1v) is 7.23. The molecule has 0 saturated carbocycles. The zero-order valence-electron chi connectivity index (χ0n) is 12.1. The van der Waals surface area contributed by atoms with E-state index < -0.39 is 0 Å². The van der Waals surface area contributed by atoms with E-state index in [1.54, 1.807) is 6.07 Å². The largest absolute Gasteiger partial charge is 0.508 e. The van der Waals surface area contributed by atoms with Crippen molar-refractivity contribution >= 4 is 10.8 Å². The summed E-state index contributed by atoms with van der Waals surface area (Å²) in [7, 11) is 0. The van der Waals surface area contributed by atoms with Crippen LogP contribution in [0.25, 0.3) is 10.8 Å². The fourth-order valence-electron chi connectivity index (χ4n) is 2.52. The Labute approximate surface area is 125 Å². The van der Waals surface area contributed by atoms with Crippen molar-refractivity contribution in [2.75, 3.05) is 0 Å². The molecular weight excluding hydrogens is 258 g/mol. The minimum absolute atomic E-state index is 0.231. The van der Waals surface area contributed by atoms with Gasteiger partial charge in [-0.15, -0.1) is 0 Å². The van der Waals surface area contributed by atoms with E-state index in [2.05, 4.69) is 54.7 Å². The highest BCUT2D eigenvalue weighted by atomic mass is 16.3. The van der Waals surface area contributed by atoms with E-state index in [4.69, 9.17) is 0 Å². The average Bonchev–Trinajstić information content (AvgIpc) is 2.53. The second-order valence-corrected chi connectivity index (χ2v) is 5.34. The van der Waals surface area contributed by atoms with E-state index in [0.29, 0.717) is 12.3 Å². The Bertz CT molecular complexity index is 751. The first-order chi connectivity index (χ1) is 10.2. The summed E-state index contributed by atoms with van der Waals surface area (Å²) in [6, 6.07) is 22.6. The lowest BCUT2D eigenvalue weighted by Gasteiger charge is -2.15. The molecule has 106 valence electrons. The third kappa shape index (κ3) is 3.06. The zero-order chi connectivity index (χ0) is 14.7. The van der Waals surface area contributed by atoms with Crippen molar-refractivity contribution in [2.45, 2.75) is 19.5 Å². The first kappa shape index (κ1) is 13.7. The van der Waals surface area contributed by atoms with Gasteiger partial charge >= 0.3 is 0 Å². The van der Waals surface area contributed by atoms with Crippen LogP contribution in [0, 0.1) is 0 Å². The predicted molar refractivity (Wildman–Crippen MR) is 87.3 cm³/mol. The molecule has 0 heterocycles. The van der Waals surface area contributed by atoms with Crippen LogP contribution in [-0.4, -0.2) is 5.11 Å². The molecule has 0 bridgehead atoms. The summed E-state index contributed by atoms with van der Waals surface area (Å²) in [5.41, 5.74) is 2.18. The van der Waals surface area contributed by atoms with Crippen LogP contribution in [0.4, 0.5) is 0 Å². The number of hydrogen-bond acceptors (Lipinski definition) is 2. The highest BCUT2D eigenvalue weighted by Crippen LogP contribution is 2.21. The summed E-state index contributed by atoms with van der Waals surface area (Å²) in [6.07, 6.45) is 0. The van der Waals surface area contributed by atoms with Crippen molar-refractivity contribution in [3.05, 3.63) is 77.9 Å². The Morgan fingerprint density at radius 3 is 2.43 bits per heavy atom. The monoisotopic (exact) mass is 277 g/mol. The van der Waals surface area contributed by atoms with Gasteiger partial charge in [0.05, 0.1) is 0 Å². The Morgan fingerprint density at radius 2 is 1.62 bits per heavy atom. The summed E-state index contributed by atoms with van der Waals surface area (Å²) in [4.78, 5) is 0. The van der Waals surface area contributed by atoms with Crippen LogP contribution in [0.1, 0.15) is 24.1 Å². The molecule has 0 aliphatic rings. The number of hydrogen-bond donors (Lipinski definition) is 2. The molecule has 2 heteroatoms. The standard InChI is InChI=1S/C19H19NO/c1-14(20-13-18-8-4-5-9-19(18)21)16-11-10-15-6-2-3-7-17(15)12-16/h2-12,14,20-21H,13H2,1H3. The Kier molecular flexibility index (Phi) is 3.89. The maximum absolute atomic E-state index is 9.80. The summed E-state index contributed by atoms with van der Waals surface area (Å²) < 4.78 is 0. The normalized spacial score (nSPS) is 12.4. The number of phenols is 1. The maximum Gasteiger partial charge on any atom is 0.120 e. The van der Waals surface area contributed by atoms with Gasteiger partial charge in [0, 0.05) is 18.2 Å². The van der Waals surface area contributed by atoms with E-state index in [9.17, 15) is 5.11 Å². The molecule has 0 radical (unpaired) electrons. The SMILES string of the molecule is CC(NCc1ccccc1O)c1ccc2ccccc2c1. The number of aromatic hydroxyl groups is 1. The molecule has 3 aromatic rings. The van der Waals surface area contributed by atoms with Crippen LogP contribution < -0.4 is 5.32 Å². The van der Waals surface area contributed by atoms with Gasteiger partial charge in [-0.05, 0) is 35.4 Å². The molecule has 1 atom stereocenters. The smallest absolute Gasteiger partial charge is 0.120 e. The van der Waals surface area contributed by atoms with Crippen LogP contribution in [0.15, 0.2) is 66.7 Å². The van der Waals surface area contributed by atoms with Gasteiger partial charge in [-0.25, -0.2) is 0 Å². The van der Waals surface area contributed by atoms with E-state index in [-0.39, 0.29) is 6.04 Å². The molecule has 21 heavy (non-hydrogen) atoms. The lowest BCUT2D eigenvalue weighted by Crippen LogP contribution is -2.18. The molecular formula is C19H19NO. The Hall–Kier alpha value is -2.32. The van der Waals surface area contributed by atoms with Crippen molar-refractivity contribution in [3.8, 4) is 5.75 Å². The molecule has 2 nitrogen and oxygen atoms in total. The maximum atomic E-state index is 9.80. The van der Waals surface area contributed by atoms with Crippen molar-refractivity contribution in [3.63, 3.8) is 0 Å². The van der Waals surface area contributed by atoms with E-state index in [1.807, 2.05) is 18.2 Å². The second kappa shape index (κ2) is 5.98. The van der Waals surface area contributed by atoms with Crippen LogP contribution >= 0.6 is 0 Å². The van der Waals surface area contributed by atoms with E-state index >= 15 is 0 Å². The Morgan fingerprint density at radius 1 is 0.905 bits per heavy atom. The molecule has 0 aliphatic heterocycles. The lowest BCUT2D eigenvalue weighted by molar-refractivity contribution is 0.460. The fourth-order valence-corrected chi connectivity index (χ4v) is 2.52. The third-order valence-corrected chi connectivity index (χ3v) is 3.86. The van der Waals surface area contributed by atoms with Crippen molar-refractivity contribution in [1.29, 1.82) is 0 Å². The van der Waals surface area contributed by atoms with Gasteiger partial charge < -0.3 is 10.4 Å². The van der Waals surface area contributed by atoms with Gasteiger partial charge in [0.2, 0.25) is 0 Å². The molecule has 2 N–H and O–H groups in total. The van der Waals surface area contributed by atoms with Gasteiger partial charge in [-0.1, -0.05) is 54.6 Å². The van der Waals surface area contributed by atoms with Crippen LogP contribution in [-0.2, 0) is 6.54 Å². The van der Waals surface area contributed by atoms with E-state index in [0.717, 1.165) is 5.56 Å².